The molecular formula is C20H22N2O6S. The summed E-state index contributed by atoms with van der Waals surface area (Å²) >= 11 is 0. The first kappa shape index (κ1) is 19.7. The lowest BCUT2D eigenvalue weighted by Crippen LogP contribution is -2.31. The van der Waals surface area contributed by atoms with Gasteiger partial charge in [-0.2, -0.15) is 0 Å². The van der Waals surface area contributed by atoms with E-state index in [1.54, 1.807) is 18.2 Å². The van der Waals surface area contributed by atoms with Gasteiger partial charge in [0.05, 0.1) is 11.0 Å². The van der Waals surface area contributed by atoms with E-state index < -0.39 is 10.0 Å². The number of rotatable bonds is 6. The quantitative estimate of drug-likeness (QED) is 0.745. The van der Waals surface area contributed by atoms with Gasteiger partial charge >= 0.3 is 0 Å². The van der Waals surface area contributed by atoms with Crippen molar-refractivity contribution in [1.82, 2.24) is 4.72 Å². The van der Waals surface area contributed by atoms with Crippen molar-refractivity contribution in [2.24, 2.45) is 0 Å². The molecule has 0 unspecified atom stereocenters. The van der Waals surface area contributed by atoms with Gasteiger partial charge < -0.3 is 19.5 Å². The molecule has 2 aromatic rings. The number of anilines is 1. The van der Waals surface area contributed by atoms with Crippen LogP contribution in [0.25, 0.3) is 0 Å². The molecule has 0 saturated carbocycles. The lowest BCUT2D eigenvalue weighted by molar-refractivity contribution is 0.102. The number of benzene rings is 2. The Hall–Kier alpha value is -2.62. The molecule has 0 aromatic heterocycles. The van der Waals surface area contributed by atoms with E-state index in [-0.39, 0.29) is 23.5 Å². The summed E-state index contributed by atoms with van der Waals surface area (Å²) in [5.74, 6) is 0.866. The second kappa shape index (κ2) is 8.40. The molecule has 2 aliphatic rings. The van der Waals surface area contributed by atoms with E-state index in [1.807, 2.05) is 0 Å². The van der Waals surface area contributed by atoms with Crippen LogP contribution >= 0.6 is 0 Å². The molecule has 4 rings (SSSR count). The van der Waals surface area contributed by atoms with Gasteiger partial charge in [0.2, 0.25) is 10.0 Å². The number of sulfonamides is 1. The number of carbonyl (C=O) groups excluding carboxylic acids is 1. The monoisotopic (exact) mass is 418 g/mol. The predicted molar refractivity (Wildman–Crippen MR) is 106 cm³/mol. The highest BCUT2D eigenvalue weighted by molar-refractivity contribution is 7.89. The largest absolute Gasteiger partial charge is 0.486 e. The van der Waals surface area contributed by atoms with Crippen molar-refractivity contribution < 1.29 is 27.4 Å². The van der Waals surface area contributed by atoms with Crippen LogP contribution in [-0.2, 0) is 14.8 Å². The number of hydrogen-bond donors (Lipinski definition) is 2. The molecule has 2 heterocycles. The second-order valence-electron chi connectivity index (χ2n) is 6.82. The van der Waals surface area contributed by atoms with E-state index >= 15 is 0 Å². The molecule has 1 amide bonds. The van der Waals surface area contributed by atoms with Crippen LogP contribution in [0.3, 0.4) is 0 Å². The van der Waals surface area contributed by atoms with E-state index in [4.69, 9.17) is 14.2 Å². The highest BCUT2D eigenvalue weighted by Gasteiger charge is 2.20. The third-order valence-corrected chi connectivity index (χ3v) is 6.19. The van der Waals surface area contributed by atoms with Crippen LogP contribution in [0.4, 0.5) is 5.69 Å². The van der Waals surface area contributed by atoms with Crippen LogP contribution in [0, 0.1) is 0 Å². The fourth-order valence-corrected chi connectivity index (χ4v) is 4.27. The zero-order valence-corrected chi connectivity index (χ0v) is 16.5. The minimum atomic E-state index is -3.65. The van der Waals surface area contributed by atoms with Gasteiger partial charge in [-0.3, -0.25) is 4.79 Å². The summed E-state index contributed by atoms with van der Waals surface area (Å²) < 4.78 is 43.8. The van der Waals surface area contributed by atoms with Gasteiger partial charge in [-0.05, 0) is 49.2 Å². The average Bonchev–Trinajstić information content (AvgIpc) is 3.26. The highest BCUT2D eigenvalue weighted by atomic mass is 32.2. The van der Waals surface area contributed by atoms with Crippen molar-refractivity contribution >= 4 is 21.6 Å². The zero-order chi connectivity index (χ0) is 20.3. The van der Waals surface area contributed by atoms with Gasteiger partial charge in [0.25, 0.3) is 5.91 Å². The molecule has 1 fully saturated rings. The molecule has 9 heteroatoms. The number of hydrogen-bond acceptors (Lipinski definition) is 6. The lowest BCUT2D eigenvalue weighted by Gasteiger charge is -2.19. The van der Waals surface area contributed by atoms with Crippen LogP contribution in [0.15, 0.2) is 47.4 Å². The number of ether oxygens (including phenoxy) is 3. The molecule has 1 saturated heterocycles. The predicted octanol–water partition coefficient (Wildman–Crippen LogP) is 2.17. The Kier molecular flexibility index (Phi) is 5.70. The third kappa shape index (κ3) is 4.69. The first-order valence-electron chi connectivity index (χ1n) is 9.44. The maximum absolute atomic E-state index is 12.5. The third-order valence-electron chi connectivity index (χ3n) is 4.75. The maximum Gasteiger partial charge on any atom is 0.255 e. The van der Waals surface area contributed by atoms with Crippen LogP contribution in [0.1, 0.15) is 23.2 Å². The van der Waals surface area contributed by atoms with Crippen molar-refractivity contribution in [3.63, 3.8) is 0 Å². The average molecular weight is 418 g/mol. The number of amides is 1. The smallest absolute Gasteiger partial charge is 0.255 e. The van der Waals surface area contributed by atoms with Crippen molar-refractivity contribution in [3.8, 4) is 11.5 Å². The molecule has 1 atom stereocenters. The summed E-state index contributed by atoms with van der Waals surface area (Å²) in [7, 11) is -3.65. The second-order valence-corrected chi connectivity index (χ2v) is 8.59. The number of fused-ring (bicyclic) bond motifs is 1. The standard InChI is InChI=1S/C20H22N2O6S/c23-20(22-15-5-8-18-19(12-15)28-11-10-27-18)14-3-6-17(7-4-14)29(24,25)21-13-16-2-1-9-26-16/h3-8,12,16,21H,1-2,9-11,13H2,(H,22,23)/t16-/m0/s1. The van der Waals surface area contributed by atoms with Gasteiger partial charge in [-0.25, -0.2) is 13.1 Å². The molecule has 2 aliphatic heterocycles. The van der Waals surface area contributed by atoms with Crippen molar-refractivity contribution in [3.05, 3.63) is 48.0 Å². The fraction of sp³-hybridized carbons (Fsp3) is 0.350. The van der Waals surface area contributed by atoms with Crippen LogP contribution < -0.4 is 19.5 Å². The molecule has 0 bridgehead atoms. The van der Waals surface area contributed by atoms with Gasteiger partial charge in [0, 0.05) is 30.5 Å². The number of carbonyl (C=O) groups is 1. The Balaban J connectivity index is 1.39. The van der Waals surface area contributed by atoms with Crippen LogP contribution in [0.2, 0.25) is 0 Å². The first-order chi connectivity index (χ1) is 14.0. The lowest BCUT2D eigenvalue weighted by atomic mass is 10.2. The van der Waals surface area contributed by atoms with E-state index in [0.717, 1.165) is 12.8 Å². The molecule has 0 spiro atoms. The maximum atomic E-state index is 12.5. The van der Waals surface area contributed by atoms with Crippen molar-refractivity contribution in [1.29, 1.82) is 0 Å². The molecule has 2 aromatic carbocycles. The Bertz CT molecular complexity index is 985. The topological polar surface area (TPSA) is 103 Å². The SMILES string of the molecule is O=C(Nc1ccc2c(c1)OCCO2)c1ccc(S(=O)(=O)NC[C@@H]2CCCO2)cc1. The van der Waals surface area contributed by atoms with Crippen LogP contribution in [-0.4, -0.2) is 46.8 Å². The van der Waals surface area contributed by atoms with E-state index in [0.29, 0.717) is 42.6 Å². The first-order valence-corrected chi connectivity index (χ1v) is 10.9. The summed E-state index contributed by atoms with van der Waals surface area (Å²) in [5, 5.41) is 2.77. The molecule has 29 heavy (non-hydrogen) atoms. The van der Waals surface area contributed by atoms with Crippen molar-refractivity contribution in [2.75, 3.05) is 31.7 Å². The molecule has 0 radical (unpaired) electrons. The highest BCUT2D eigenvalue weighted by Crippen LogP contribution is 2.32. The molecule has 0 aliphatic carbocycles. The van der Waals surface area contributed by atoms with Gasteiger partial charge in [-0.1, -0.05) is 0 Å². The van der Waals surface area contributed by atoms with Crippen molar-refractivity contribution in [2.45, 2.75) is 23.8 Å². The van der Waals surface area contributed by atoms with E-state index in [2.05, 4.69) is 10.0 Å². The minimum Gasteiger partial charge on any atom is -0.486 e. The number of nitrogens with one attached hydrogen (secondary N) is 2. The molecule has 8 nitrogen and oxygen atoms in total. The Morgan fingerprint density at radius 1 is 1.00 bits per heavy atom. The Labute approximate surface area is 169 Å². The molecule has 2 N–H and O–H groups in total. The summed E-state index contributed by atoms with van der Waals surface area (Å²) in [4.78, 5) is 12.6. The zero-order valence-electron chi connectivity index (χ0n) is 15.7. The Morgan fingerprint density at radius 3 is 2.48 bits per heavy atom. The van der Waals surface area contributed by atoms with E-state index in [1.165, 1.54) is 24.3 Å². The van der Waals surface area contributed by atoms with Crippen LogP contribution in [0.5, 0.6) is 11.5 Å². The molecule has 154 valence electrons. The minimum absolute atomic E-state index is 0.0826. The fourth-order valence-electron chi connectivity index (χ4n) is 3.20. The van der Waals surface area contributed by atoms with E-state index in [9.17, 15) is 13.2 Å². The van der Waals surface area contributed by atoms with Gasteiger partial charge in [0.15, 0.2) is 11.5 Å². The summed E-state index contributed by atoms with van der Waals surface area (Å²) in [5.41, 5.74) is 0.909. The Morgan fingerprint density at radius 2 is 1.76 bits per heavy atom. The normalized spacial score (nSPS) is 18.4. The van der Waals surface area contributed by atoms with Gasteiger partial charge in [-0.15, -0.1) is 0 Å². The molecular weight excluding hydrogens is 396 g/mol. The summed E-state index contributed by atoms with van der Waals surface area (Å²) in [6.45, 7) is 1.87. The summed E-state index contributed by atoms with van der Waals surface area (Å²) in [6, 6.07) is 10.9. The van der Waals surface area contributed by atoms with Gasteiger partial charge in [0.1, 0.15) is 13.2 Å². The summed E-state index contributed by atoms with van der Waals surface area (Å²) in [6.07, 6.45) is 1.71.